The fourth-order valence-corrected chi connectivity index (χ4v) is 4.79. The second-order valence-electron chi connectivity index (χ2n) is 4.06. The molecule has 0 aromatic rings. The minimum Gasteiger partial charge on any atom is -0.382 e. The van der Waals surface area contributed by atoms with Gasteiger partial charge in [-0.2, -0.15) is 0 Å². The van der Waals surface area contributed by atoms with Crippen LogP contribution in [0.25, 0.3) is 0 Å². The van der Waals surface area contributed by atoms with E-state index < -0.39 is 9.84 Å². The van der Waals surface area contributed by atoms with Gasteiger partial charge in [-0.15, -0.1) is 0 Å². The molecule has 3 nitrogen and oxygen atoms in total. The van der Waals surface area contributed by atoms with Crippen LogP contribution in [-0.4, -0.2) is 38.5 Å². The van der Waals surface area contributed by atoms with Crippen molar-refractivity contribution in [2.45, 2.75) is 19.8 Å². The summed E-state index contributed by atoms with van der Waals surface area (Å²) in [6.45, 7) is 3.45. The third-order valence-corrected chi connectivity index (χ3v) is 5.60. The summed E-state index contributed by atoms with van der Waals surface area (Å²) in [7, 11) is -2.74. The molecule has 5 heteroatoms. The maximum absolute atomic E-state index is 11.3. The van der Waals surface area contributed by atoms with Crippen molar-refractivity contribution in [3.63, 3.8) is 0 Å². The molecule has 1 saturated heterocycles. The van der Waals surface area contributed by atoms with E-state index in [1.54, 1.807) is 0 Å². The Balaban J connectivity index is 2.39. The summed E-state index contributed by atoms with van der Waals surface area (Å²) in [5, 5.41) is 0.875. The molecule has 1 heterocycles. The van der Waals surface area contributed by atoms with Crippen LogP contribution in [0.15, 0.2) is 0 Å². The molecule has 1 fully saturated rings. The van der Waals surface area contributed by atoms with Crippen molar-refractivity contribution >= 4 is 25.8 Å². The first-order chi connectivity index (χ1) is 7.09. The molecule has 0 spiro atoms. The molecule has 2 atom stereocenters. The monoisotopic (exact) mass is 298 g/mol. The Morgan fingerprint density at radius 2 is 2.27 bits per heavy atom. The van der Waals surface area contributed by atoms with Gasteiger partial charge in [0.05, 0.1) is 11.5 Å². The average molecular weight is 299 g/mol. The van der Waals surface area contributed by atoms with E-state index in [2.05, 4.69) is 15.9 Å². The van der Waals surface area contributed by atoms with Crippen LogP contribution in [0.2, 0.25) is 0 Å². The Morgan fingerprint density at radius 3 is 2.73 bits per heavy atom. The number of rotatable bonds is 6. The summed E-state index contributed by atoms with van der Waals surface area (Å²) in [6.07, 6.45) is 1.78. The van der Waals surface area contributed by atoms with E-state index in [1.165, 1.54) is 0 Å². The highest BCUT2D eigenvalue weighted by Crippen LogP contribution is 2.29. The van der Waals surface area contributed by atoms with Crippen molar-refractivity contribution in [1.29, 1.82) is 0 Å². The fraction of sp³-hybridized carbons (Fsp3) is 1.00. The largest absolute Gasteiger partial charge is 0.382 e. The zero-order valence-electron chi connectivity index (χ0n) is 9.12. The topological polar surface area (TPSA) is 43.4 Å². The van der Waals surface area contributed by atoms with Gasteiger partial charge in [-0.05, 0) is 31.6 Å². The molecule has 15 heavy (non-hydrogen) atoms. The zero-order valence-corrected chi connectivity index (χ0v) is 11.5. The number of alkyl halides is 1. The van der Waals surface area contributed by atoms with Crippen LogP contribution in [0.1, 0.15) is 19.8 Å². The predicted molar refractivity (Wildman–Crippen MR) is 65.2 cm³/mol. The third kappa shape index (κ3) is 4.41. The van der Waals surface area contributed by atoms with Gasteiger partial charge in [0.2, 0.25) is 0 Å². The van der Waals surface area contributed by atoms with Gasteiger partial charge in [-0.1, -0.05) is 15.9 Å². The maximum Gasteiger partial charge on any atom is 0.150 e. The van der Waals surface area contributed by atoms with Crippen molar-refractivity contribution in [2.24, 2.45) is 11.8 Å². The van der Waals surface area contributed by atoms with Gasteiger partial charge < -0.3 is 4.74 Å². The van der Waals surface area contributed by atoms with Gasteiger partial charge in [0, 0.05) is 18.5 Å². The van der Waals surface area contributed by atoms with E-state index in [9.17, 15) is 8.42 Å². The first-order valence-electron chi connectivity index (χ1n) is 5.43. The number of halogens is 1. The summed E-state index contributed by atoms with van der Waals surface area (Å²) in [4.78, 5) is 0. The van der Waals surface area contributed by atoms with Crippen LogP contribution in [0.4, 0.5) is 0 Å². The molecule has 1 aliphatic heterocycles. The Labute approximate surface area is 101 Å². The van der Waals surface area contributed by atoms with Crippen molar-refractivity contribution in [2.75, 3.05) is 30.0 Å². The van der Waals surface area contributed by atoms with Crippen LogP contribution in [0, 0.1) is 11.8 Å². The van der Waals surface area contributed by atoms with Crippen molar-refractivity contribution in [3.8, 4) is 0 Å². The highest BCUT2D eigenvalue weighted by Gasteiger charge is 2.32. The maximum atomic E-state index is 11.3. The first kappa shape index (κ1) is 13.5. The minimum atomic E-state index is -2.74. The van der Waals surface area contributed by atoms with Crippen molar-refractivity contribution in [3.05, 3.63) is 0 Å². The number of hydrogen-bond acceptors (Lipinski definition) is 3. The lowest BCUT2D eigenvalue weighted by molar-refractivity contribution is 0.127. The second-order valence-corrected chi connectivity index (χ2v) is 6.94. The van der Waals surface area contributed by atoms with Gasteiger partial charge in [-0.3, -0.25) is 0 Å². The fourth-order valence-electron chi connectivity index (χ4n) is 2.01. The van der Waals surface area contributed by atoms with Gasteiger partial charge >= 0.3 is 0 Å². The molecule has 1 rings (SSSR count). The molecule has 0 radical (unpaired) electrons. The Hall–Kier alpha value is 0.390. The summed E-state index contributed by atoms with van der Waals surface area (Å²) >= 11 is 3.47. The van der Waals surface area contributed by atoms with E-state index in [-0.39, 0.29) is 0 Å². The van der Waals surface area contributed by atoms with E-state index in [0.717, 1.165) is 31.4 Å². The van der Waals surface area contributed by atoms with E-state index in [4.69, 9.17) is 4.74 Å². The number of hydrogen-bond donors (Lipinski definition) is 0. The number of sulfone groups is 1. The molecular formula is C10H19BrO3S. The quantitative estimate of drug-likeness (QED) is 0.555. The van der Waals surface area contributed by atoms with Crippen LogP contribution in [0.3, 0.4) is 0 Å². The molecular weight excluding hydrogens is 280 g/mol. The van der Waals surface area contributed by atoms with Crippen LogP contribution >= 0.6 is 15.9 Å². The third-order valence-electron chi connectivity index (χ3n) is 2.97. The molecule has 1 aliphatic rings. The van der Waals surface area contributed by atoms with Crippen LogP contribution in [-0.2, 0) is 14.6 Å². The molecule has 90 valence electrons. The van der Waals surface area contributed by atoms with Crippen molar-refractivity contribution < 1.29 is 13.2 Å². The standard InChI is InChI=1S/C10H19BrO3S/c1-2-14-5-3-9(7-11)10-4-6-15(12,13)8-10/h9-10H,2-8H2,1H3. The summed E-state index contributed by atoms with van der Waals surface area (Å²) in [6, 6.07) is 0. The molecule has 0 bridgehead atoms. The summed E-state index contributed by atoms with van der Waals surface area (Å²) < 4.78 is 28.0. The van der Waals surface area contributed by atoms with Gasteiger partial charge in [-0.25, -0.2) is 8.42 Å². The molecule has 0 aliphatic carbocycles. The van der Waals surface area contributed by atoms with Gasteiger partial charge in [0.15, 0.2) is 9.84 Å². The molecule has 0 N–H and O–H groups in total. The second kappa shape index (κ2) is 6.21. The number of ether oxygens (including phenoxy) is 1. The molecule has 2 unspecified atom stereocenters. The highest BCUT2D eigenvalue weighted by atomic mass is 79.9. The SMILES string of the molecule is CCOCCC(CBr)C1CCS(=O)(=O)C1. The summed E-state index contributed by atoms with van der Waals surface area (Å²) in [5.74, 6) is 1.51. The molecule has 0 saturated carbocycles. The average Bonchev–Trinajstić information content (AvgIpc) is 2.54. The van der Waals surface area contributed by atoms with Crippen LogP contribution < -0.4 is 0 Å². The highest BCUT2D eigenvalue weighted by molar-refractivity contribution is 9.09. The summed E-state index contributed by atoms with van der Waals surface area (Å²) in [5.41, 5.74) is 0. The van der Waals surface area contributed by atoms with E-state index >= 15 is 0 Å². The predicted octanol–water partition coefficient (Wildman–Crippen LogP) is 1.86. The van der Waals surface area contributed by atoms with E-state index in [0.29, 0.717) is 23.3 Å². The lowest BCUT2D eigenvalue weighted by Crippen LogP contribution is -2.19. The smallest absolute Gasteiger partial charge is 0.150 e. The van der Waals surface area contributed by atoms with Gasteiger partial charge in [0.1, 0.15) is 0 Å². The zero-order chi connectivity index (χ0) is 11.3. The Kier molecular flexibility index (Phi) is 5.57. The lowest BCUT2D eigenvalue weighted by Gasteiger charge is -2.19. The molecule has 0 amide bonds. The van der Waals surface area contributed by atoms with E-state index in [1.807, 2.05) is 6.92 Å². The van der Waals surface area contributed by atoms with Gasteiger partial charge in [0.25, 0.3) is 0 Å². The molecule has 0 aromatic heterocycles. The Bertz CT molecular complexity index is 276. The van der Waals surface area contributed by atoms with Crippen LogP contribution in [0.5, 0.6) is 0 Å². The molecule has 0 aromatic carbocycles. The Morgan fingerprint density at radius 1 is 1.53 bits per heavy atom. The minimum absolute atomic E-state index is 0.329. The van der Waals surface area contributed by atoms with Crippen molar-refractivity contribution in [1.82, 2.24) is 0 Å². The normalized spacial score (nSPS) is 26.7. The lowest BCUT2D eigenvalue weighted by atomic mass is 9.91. The first-order valence-corrected chi connectivity index (χ1v) is 8.37.